The third-order valence-corrected chi connectivity index (χ3v) is 2.21. The predicted octanol–water partition coefficient (Wildman–Crippen LogP) is 0.327. The lowest BCUT2D eigenvalue weighted by molar-refractivity contribution is -0.161. The van der Waals surface area contributed by atoms with Gasteiger partial charge in [-0.1, -0.05) is 0 Å². The van der Waals surface area contributed by atoms with Crippen molar-refractivity contribution in [2.45, 2.75) is 38.7 Å². The Morgan fingerprint density at radius 2 is 2.06 bits per heavy atom. The molecule has 6 heteroatoms. The number of esters is 1. The maximum atomic E-state index is 11.3. The van der Waals surface area contributed by atoms with Gasteiger partial charge in [-0.25, -0.2) is 0 Å². The number of aliphatic hydroxyl groups is 2. The normalized spacial score (nSPS) is 12.7. The summed E-state index contributed by atoms with van der Waals surface area (Å²) in [6.07, 6.45) is 1.85. The highest BCUT2D eigenvalue weighted by Crippen LogP contribution is 1.98. The molecule has 0 rings (SSSR count). The van der Waals surface area contributed by atoms with Crippen LogP contribution in [0.3, 0.4) is 0 Å². The van der Waals surface area contributed by atoms with E-state index < -0.39 is 6.10 Å². The van der Waals surface area contributed by atoms with Gasteiger partial charge in [-0.05, 0) is 26.2 Å². The average Bonchev–Trinajstić information content (AvgIpc) is 2.32. The van der Waals surface area contributed by atoms with E-state index in [9.17, 15) is 4.79 Å². The van der Waals surface area contributed by atoms with Crippen LogP contribution in [-0.4, -0.2) is 60.8 Å². The minimum Gasteiger partial charge on any atom is -0.466 e. The highest BCUT2D eigenvalue weighted by Gasteiger charge is 2.05. The van der Waals surface area contributed by atoms with Gasteiger partial charge in [0.05, 0.1) is 19.3 Å². The number of hydrogen-bond donors (Lipinski definition) is 2. The second kappa shape index (κ2) is 11.4. The van der Waals surface area contributed by atoms with E-state index in [1.165, 1.54) is 0 Å². The van der Waals surface area contributed by atoms with E-state index in [1.807, 2.05) is 0 Å². The third-order valence-electron chi connectivity index (χ3n) is 2.21. The fraction of sp³-hybridized carbons (Fsp3) is 0.917. The molecule has 0 saturated carbocycles. The van der Waals surface area contributed by atoms with Crippen LogP contribution in [0.25, 0.3) is 0 Å². The molecule has 0 aliphatic heterocycles. The SMILES string of the molecule is CC(O)CON(C)CCCC(=O)OCCCCO. The number of aliphatic hydroxyl groups excluding tert-OH is 2. The lowest BCUT2D eigenvalue weighted by atomic mass is 10.3. The topological polar surface area (TPSA) is 79.2 Å². The van der Waals surface area contributed by atoms with E-state index in [-0.39, 0.29) is 19.2 Å². The Kier molecular flexibility index (Phi) is 11.0. The molecule has 0 bridgehead atoms. The fourth-order valence-electron chi connectivity index (χ4n) is 1.22. The number of carbonyl (C=O) groups excluding carboxylic acids is 1. The molecule has 0 aliphatic rings. The predicted molar refractivity (Wildman–Crippen MR) is 66.8 cm³/mol. The Labute approximate surface area is 108 Å². The van der Waals surface area contributed by atoms with Gasteiger partial charge in [-0.3, -0.25) is 9.63 Å². The maximum absolute atomic E-state index is 11.3. The van der Waals surface area contributed by atoms with Crippen molar-refractivity contribution in [1.29, 1.82) is 0 Å². The largest absolute Gasteiger partial charge is 0.466 e. The third kappa shape index (κ3) is 11.8. The van der Waals surface area contributed by atoms with Crippen molar-refractivity contribution in [3.63, 3.8) is 0 Å². The van der Waals surface area contributed by atoms with Crippen LogP contribution in [0.15, 0.2) is 0 Å². The summed E-state index contributed by atoms with van der Waals surface area (Å²) < 4.78 is 4.97. The summed E-state index contributed by atoms with van der Waals surface area (Å²) in [7, 11) is 1.76. The van der Waals surface area contributed by atoms with Crippen LogP contribution in [-0.2, 0) is 14.4 Å². The van der Waals surface area contributed by atoms with Gasteiger partial charge >= 0.3 is 5.97 Å². The quantitative estimate of drug-likeness (QED) is 0.318. The van der Waals surface area contributed by atoms with E-state index in [1.54, 1.807) is 19.0 Å². The van der Waals surface area contributed by atoms with Gasteiger partial charge in [-0.2, -0.15) is 5.06 Å². The van der Waals surface area contributed by atoms with Crippen molar-refractivity contribution in [3.8, 4) is 0 Å². The molecule has 1 atom stereocenters. The van der Waals surface area contributed by atoms with Gasteiger partial charge in [-0.15, -0.1) is 0 Å². The van der Waals surface area contributed by atoms with Gasteiger partial charge in [0.2, 0.25) is 0 Å². The minimum absolute atomic E-state index is 0.128. The molecule has 6 nitrogen and oxygen atoms in total. The van der Waals surface area contributed by atoms with E-state index in [0.29, 0.717) is 38.8 Å². The first kappa shape index (κ1) is 17.3. The number of hydroxylamine groups is 2. The Morgan fingerprint density at radius 1 is 1.33 bits per heavy atom. The van der Waals surface area contributed by atoms with Crippen molar-refractivity contribution in [2.24, 2.45) is 0 Å². The van der Waals surface area contributed by atoms with Crippen molar-refractivity contribution < 1.29 is 24.6 Å². The van der Waals surface area contributed by atoms with Gasteiger partial charge in [0.1, 0.15) is 0 Å². The summed E-state index contributed by atoms with van der Waals surface area (Å²) in [4.78, 5) is 16.5. The lowest BCUT2D eigenvalue weighted by Gasteiger charge is -2.17. The van der Waals surface area contributed by atoms with Crippen LogP contribution < -0.4 is 0 Å². The summed E-state index contributed by atoms with van der Waals surface area (Å²) in [6, 6.07) is 0. The van der Waals surface area contributed by atoms with Crippen molar-refractivity contribution >= 4 is 5.97 Å². The number of rotatable bonds is 11. The van der Waals surface area contributed by atoms with E-state index in [2.05, 4.69) is 0 Å². The molecule has 1 unspecified atom stereocenters. The summed E-state index contributed by atoms with van der Waals surface area (Å²) in [5.41, 5.74) is 0. The number of carbonyl (C=O) groups is 1. The molecule has 18 heavy (non-hydrogen) atoms. The summed E-state index contributed by atoms with van der Waals surface area (Å²) >= 11 is 0. The molecule has 0 heterocycles. The molecule has 0 aromatic rings. The molecule has 0 saturated heterocycles. The minimum atomic E-state index is -0.496. The molecule has 0 aromatic heterocycles. The Hall–Kier alpha value is -0.690. The molecule has 0 aliphatic carbocycles. The Morgan fingerprint density at radius 3 is 2.67 bits per heavy atom. The molecular formula is C12H25NO5. The van der Waals surface area contributed by atoms with Gasteiger partial charge in [0.25, 0.3) is 0 Å². The Balaban J connectivity index is 3.38. The summed E-state index contributed by atoms with van der Waals surface area (Å²) in [6.45, 7) is 3.01. The van der Waals surface area contributed by atoms with E-state index >= 15 is 0 Å². The van der Waals surface area contributed by atoms with Crippen LogP contribution in [0.5, 0.6) is 0 Å². The number of nitrogens with zero attached hydrogens (tertiary/aromatic N) is 1. The number of hydrogen-bond acceptors (Lipinski definition) is 6. The number of unbranched alkanes of at least 4 members (excludes halogenated alkanes) is 1. The van der Waals surface area contributed by atoms with Crippen molar-refractivity contribution in [1.82, 2.24) is 5.06 Å². The van der Waals surface area contributed by atoms with Crippen LogP contribution in [0, 0.1) is 0 Å². The van der Waals surface area contributed by atoms with Crippen LogP contribution >= 0.6 is 0 Å². The molecule has 2 N–H and O–H groups in total. The number of ether oxygens (including phenoxy) is 1. The standard InChI is InChI=1S/C12H25NO5/c1-11(15)10-18-13(2)7-5-6-12(16)17-9-4-3-8-14/h11,14-15H,3-10H2,1-2H3. The second-order valence-corrected chi connectivity index (χ2v) is 4.25. The van der Waals surface area contributed by atoms with E-state index in [4.69, 9.17) is 19.8 Å². The summed E-state index contributed by atoms with van der Waals surface area (Å²) in [5, 5.41) is 19.2. The van der Waals surface area contributed by atoms with Gasteiger partial charge in [0.15, 0.2) is 0 Å². The molecule has 0 fully saturated rings. The van der Waals surface area contributed by atoms with Crippen molar-refractivity contribution in [3.05, 3.63) is 0 Å². The highest BCUT2D eigenvalue weighted by atomic mass is 16.7. The van der Waals surface area contributed by atoms with Crippen LogP contribution in [0.1, 0.15) is 32.6 Å². The van der Waals surface area contributed by atoms with Crippen LogP contribution in [0.4, 0.5) is 0 Å². The summed E-state index contributed by atoms with van der Waals surface area (Å²) in [5.74, 6) is -0.225. The maximum Gasteiger partial charge on any atom is 0.305 e. The molecule has 0 amide bonds. The average molecular weight is 263 g/mol. The van der Waals surface area contributed by atoms with Crippen molar-refractivity contribution in [2.75, 3.05) is 33.4 Å². The molecule has 0 aromatic carbocycles. The molecule has 108 valence electrons. The Bertz CT molecular complexity index is 211. The zero-order valence-electron chi connectivity index (χ0n) is 11.3. The monoisotopic (exact) mass is 263 g/mol. The van der Waals surface area contributed by atoms with Gasteiger partial charge in [0, 0.05) is 26.6 Å². The zero-order valence-corrected chi connectivity index (χ0v) is 11.3. The molecule has 0 radical (unpaired) electrons. The second-order valence-electron chi connectivity index (χ2n) is 4.25. The zero-order chi connectivity index (χ0) is 13.8. The molecular weight excluding hydrogens is 238 g/mol. The highest BCUT2D eigenvalue weighted by molar-refractivity contribution is 5.69. The molecule has 0 spiro atoms. The fourth-order valence-corrected chi connectivity index (χ4v) is 1.22. The first-order chi connectivity index (χ1) is 8.56. The lowest BCUT2D eigenvalue weighted by Crippen LogP contribution is -2.25. The first-order valence-electron chi connectivity index (χ1n) is 6.35. The smallest absolute Gasteiger partial charge is 0.305 e. The van der Waals surface area contributed by atoms with Gasteiger partial charge < -0.3 is 14.9 Å². The first-order valence-corrected chi connectivity index (χ1v) is 6.35. The van der Waals surface area contributed by atoms with E-state index in [0.717, 1.165) is 0 Å². The van der Waals surface area contributed by atoms with Crippen LogP contribution in [0.2, 0.25) is 0 Å².